The maximum Gasteiger partial charge on any atom is 0.261 e. The minimum atomic E-state index is -0.291. The second-order valence-electron chi connectivity index (χ2n) is 9.97. The number of hydrogen-bond acceptors (Lipinski definition) is 8. The summed E-state index contributed by atoms with van der Waals surface area (Å²) >= 11 is 10.2. The Morgan fingerprint density at radius 2 is 0.792 bits per heavy atom. The lowest BCUT2D eigenvalue weighted by molar-refractivity contribution is 0.0641. The van der Waals surface area contributed by atoms with E-state index in [2.05, 4.69) is 47.8 Å². The predicted molar refractivity (Wildman–Crippen MR) is 197 cm³/mol. The smallest absolute Gasteiger partial charge is 0.261 e. The lowest BCUT2D eigenvalue weighted by Crippen LogP contribution is -2.29. The summed E-state index contributed by atoms with van der Waals surface area (Å²) in [5.41, 5.74) is 4.70. The van der Waals surface area contributed by atoms with Gasteiger partial charge in [-0.3, -0.25) is 14.5 Å². The van der Waals surface area contributed by atoms with E-state index in [1.165, 1.54) is 4.90 Å². The molecule has 0 N–H and O–H groups in total. The molecule has 48 heavy (non-hydrogen) atoms. The molecule has 0 aromatic heterocycles. The molecule has 2 amide bonds. The van der Waals surface area contributed by atoms with Gasteiger partial charge in [0.25, 0.3) is 11.8 Å². The van der Waals surface area contributed by atoms with Gasteiger partial charge in [-0.1, -0.05) is 59.9 Å². The van der Waals surface area contributed by atoms with Gasteiger partial charge in [-0.25, -0.2) is 0 Å². The van der Waals surface area contributed by atoms with E-state index in [4.69, 9.17) is 28.4 Å². The predicted octanol–water partition coefficient (Wildman–Crippen LogP) is 8.59. The van der Waals surface area contributed by atoms with Crippen LogP contribution in [0.3, 0.4) is 0 Å². The number of halogens is 3. The highest BCUT2D eigenvalue weighted by atomic mass is 79.9. The van der Waals surface area contributed by atoms with Crippen LogP contribution in [0.2, 0.25) is 0 Å². The molecule has 5 rings (SSSR count). The highest BCUT2D eigenvalue weighted by molar-refractivity contribution is 9.09. The van der Waals surface area contributed by atoms with E-state index in [0.717, 1.165) is 50.3 Å². The van der Waals surface area contributed by atoms with Crippen molar-refractivity contribution in [3.8, 4) is 34.5 Å². The normalized spacial score (nSPS) is 11.4. The van der Waals surface area contributed by atoms with Gasteiger partial charge in [-0.05, 0) is 60.7 Å². The van der Waals surface area contributed by atoms with Crippen LogP contribution in [-0.4, -0.2) is 59.4 Å². The maximum absolute atomic E-state index is 12.5. The van der Waals surface area contributed by atoms with Crippen molar-refractivity contribution < 1.29 is 38.0 Å². The van der Waals surface area contributed by atoms with Crippen molar-refractivity contribution in [2.45, 2.75) is 22.5 Å². The Bertz CT molecular complexity index is 1560. The quantitative estimate of drug-likeness (QED) is 0.110. The molecule has 0 spiro atoms. The topological polar surface area (TPSA) is 92.8 Å². The van der Waals surface area contributed by atoms with Gasteiger partial charge < -0.3 is 28.4 Å². The molecule has 0 radical (unpaired) electrons. The van der Waals surface area contributed by atoms with E-state index >= 15 is 0 Å². The fraction of sp³-hybridized carbons (Fsp3) is 0.278. The van der Waals surface area contributed by atoms with E-state index in [0.29, 0.717) is 33.5 Å². The van der Waals surface area contributed by atoms with Crippen LogP contribution >= 0.6 is 47.8 Å². The van der Waals surface area contributed by atoms with Crippen LogP contribution in [0.4, 0.5) is 0 Å². The lowest BCUT2D eigenvalue weighted by Gasteiger charge is -2.18. The molecule has 1 aliphatic rings. The minimum absolute atomic E-state index is 0.133. The summed E-state index contributed by atoms with van der Waals surface area (Å²) < 4.78 is 31.3. The first-order valence-electron chi connectivity index (χ1n) is 14.5. The minimum Gasteiger partial charge on any atom is -0.497 e. The molecule has 9 nitrogen and oxygen atoms in total. The molecule has 0 bridgehead atoms. The first-order chi connectivity index (χ1) is 23.2. The molecule has 4 aromatic rings. The summed E-state index contributed by atoms with van der Waals surface area (Å²) in [6.45, 7) is 0.133. The number of ether oxygens (including phenoxy) is 6. The highest BCUT2D eigenvalue weighted by Crippen LogP contribution is 2.34. The number of imide groups is 1. The number of alkyl halides is 3. The largest absolute Gasteiger partial charge is 0.497 e. The summed E-state index contributed by atoms with van der Waals surface area (Å²) in [6.07, 6.45) is 0. The molecule has 0 fully saturated rings. The van der Waals surface area contributed by atoms with Gasteiger partial charge >= 0.3 is 0 Å². The molecular weight excluding hydrogens is 814 g/mol. The summed E-state index contributed by atoms with van der Waals surface area (Å²) in [5.74, 6) is 4.18. The SMILES string of the molecule is COc1cc(CBr)c(OC)cc1CBr.COc1cc(CN2C(=O)c3ccccc3C2=O)c(OC)cc1CBr.COc1ccc(OC)cc1. The Morgan fingerprint density at radius 3 is 1.08 bits per heavy atom. The second kappa shape index (κ2) is 19.3. The molecule has 1 aliphatic heterocycles. The van der Waals surface area contributed by atoms with E-state index in [9.17, 15) is 9.59 Å². The number of benzene rings is 4. The summed E-state index contributed by atoms with van der Waals surface area (Å²) in [6, 6.07) is 21.9. The molecule has 0 saturated carbocycles. The number of carbonyl (C=O) groups is 2. The van der Waals surface area contributed by atoms with Gasteiger partial charge in [0.05, 0.1) is 60.3 Å². The molecular formula is C36H38Br3NO8. The third kappa shape index (κ3) is 9.45. The monoisotopic (exact) mass is 849 g/mol. The van der Waals surface area contributed by atoms with Crippen LogP contribution in [0, 0.1) is 0 Å². The number of amides is 2. The summed E-state index contributed by atoms with van der Waals surface area (Å²) in [7, 11) is 9.77. The van der Waals surface area contributed by atoms with Crippen LogP contribution in [0.25, 0.3) is 0 Å². The van der Waals surface area contributed by atoms with Gasteiger partial charge in [0.2, 0.25) is 0 Å². The van der Waals surface area contributed by atoms with E-state index in [1.54, 1.807) is 73.0 Å². The number of fused-ring (bicyclic) bond motifs is 1. The fourth-order valence-corrected chi connectivity index (χ4v) is 6.06. The fourth-order valence-electron chi connectivity index (χ4n) is 4.75. The molecule has 0 atom stereocenters. The third-order valence-electron chi connectivity index (χ3n) is 7.30. The number of rotatable bonds is 11. The van der Waals surface area contributed by atoms with Gasteiger partial charge in [0.1, 0.15) is 34.5 Å². The summed E-state index contributed by atoms with van der Waals surface area (Å²) in [5, 5.41) is 2.13. The zero-order chi connectivity index (χ0) is 35.2. The average molecular weight is 852 g/mol. The van der Waals surface area contributed by atoms with Gasteiger partial charge in [-0.15, -0.1) is 0 Å². The molecule has 12 heteroatoms. The zero-order valence-corrected chi connectivity index (χ0v) is 32.4. The zero-order valence-electron chi connectivity index (χ0n) is 27.6. The second-order valence-corrected chi connectivity index (χ2v) is 11.7. The Labute approximate surface area is 306 Å². The first kappa shape index (κ1) is 38.7. The third-order valence-corrected chi connectivity index (χ3v) is 9.11. The number of methoxy groups -OCH3 is 6. The molecule has 0 saturated heterocycles. The Hall–Kier alpha value is -3.74. The van der Waals surface area contributed by atoms with Crippen molar-refractivity contribution in [1.29, 1.82) is 0 Å². The van der Waals surface area contributed by atoms with E-state index in [-0.39, 0.29) is 18.4 Å². The maximum atomic E-state index is 12.5. The van der Waals surface area contributed by atoms with Crippen LogP contribution in [0.5, 0.6) is 34.5 Å². The van der Waals surface area contributed by atoms with Gasteiger partial charge in [0.15, 0.2) is 0 Å². The van der Waals surface area contributed by atoms with Crippen LogP contribution in [0.1, 0.15) is 43.0 Å². The lowest BCUT2D eigenvalue weighted by atomic mass is 10.1. The van der Waals surface area contributed by atoms with Gasteiger partial charge in [0, 0.05) is 38.2 Å². The summed E-state index contributed by atoms with van der Waals surface area (Å²) in [4.78, 5) is 26.3. The van der Waals surface area contributed by atoms with Crippen molar-refractivity contribution in [1.82, 2.24) is 4.90 Å². The molecule has 256 valence electrons. The van der Waals surface area contributed by atoms with Crippen LogP contribution in [-0.2, 0) is 22.5 Å². The van der Waals surface area contributed by atoms with Crippen molar-refractivity contribution in [2.75, 3.05) is 42.7 Å². The number of nitrogens with zero attached hydrogens (tertiary/aromatic N) is 1. The number of carbonyl (C=O) groups excluding carboxylic acids is 2. The van der Waals surface area contributed by atoms with Crippen LogP contribution < -0.4 is 28.4 Å². The molecule has 0 unspecified atom stereocenters. The van der Waals surface area contributed by atoms with Crippen LogP contribution in [0.15, 0.2) is 72.8 Å². The standard InChI is InChI=1S/C18H16BrNO4.C10H12Br2O2.C8H10O2/c1-23-15-8-12(16(24-2)7-11(15)9-19)10-20-17(21)13-5-3-4-6-14(13)18(20)22;1-13-9-3-8(6-12)10(14-2)4-7(9)5-11;1-9-7-3-5-8(10-2)6-4-7/h3-8H,9-10H2,1-2H3;3-4H,5-6H2,1-2H3;3-6H,1-2H3. The highest BCUT2D eigenvalue weighted by Gasteiger charge is 2.35. The van der Waals surface area contributed by atoms with E-state index in [1.807, 2.05) is 42.5 Å². The Balaban J connectivity index is 0.000000220. The molecule has 0 aliphatic carbocycles. The van der Waals surface area contributed by atoms with E-state index < -0.39 is 0 Å². The molecule has 1 heterocycles. The van der Waals surface area contributed by atoms with Gasteiger partial charge in [-0.2, -0.15) is 0 Å². The van der Waals surface area contributed by atoms with Crippen molar-refractivity contribution in [3.05, 3.63) is 106 Å². The Kier molecular flexibility index (Phi) is 15.6. The Morgan fingerprint density at radius 1 is 0.479 bits per heavy atom. The van der Waals surface area contributed by atoms with Crippen molar-refractivity contribution in [2.24, 2.45) is 0 Å². The average Bonchev–Trinajstić information content (AvgIpc) is 3.38. The number of hydrogen-bond donors (Lipinski definition) is 0. The molecule has 4 aromatic carbocycles. The van der Waals surface area contributed by atoms with Crippen molar-refractivity contribution >= 4 is 59.6 Å². The van der Waals surface area contributed by atoms with Crippen molar-refractivity contribution in [3.63, 3.8) is 0 Å². The first-order valence-corrected chi connectivity index (χ1v) is 17.9.